The van der Waals surface area contributed by atoms with E-state index in [4.69, 9.17) is 5.11 Å². The number of carboxylic acid groups (broad SMARTS) is 1. The molecule has 0 aliphatic heterocycles. The van der Waals surface area contributed by atoms with Gasteiger partial charge in [-0.25, -0.2) is 4.79 Å². The zero-order valence-electron chi connectivity index (χ0n) is 10.8. The van der Waals surface area contributed by atoms with E-state index in [0.717, 1.165) is 12.1 Å². The van der Waals surface area contributed by atoms with E-state index in [1.807, 2.05) is 0 Å². The average molecular weight is 304 g/mol. The predicted molar refractivity (Wildman–Crippen MR) is 66.4 cm³/mol. The van der Waals surface area contributed by atoms with Crippen molar-refractivity contribution in [2.24, 2.45) is 0 Å². The van der Waals surface area contributed by atoms with E-state index in [0.29, 0.717) is 0 Å². The molecule has 1 aromatic carbocycles. The van der Waals surface area contributed by atoms with E-state index >= 15 is 0 Å². The smallest absolute Gasteiger partial charge is 0.411 e. The summed E-state index contributed by atoms with van der Waals surface area (Å²) in [7, 11) is 0. The minimum absolute atomic E-state index is 0.0273. The Balaban J connectivity index is 2.48. The van der Waals surface area contributed by atoms with Gasteiger partial charge in [-0.1, -0.05) is 0 Å². The summed E-state index contributed by atoms with van der Waals surface area (Å²) in [5.41, 5.74) is -3.30. The Bertz CT molecular complexity index is 624. The van der Waals surface area contributed by atoms with E-state index < -0.39 is 33.9 Å². The van der Waals surface area contributed by atoms with Gasteiger partial charge in [0.15, 0.2) is 0 Å². The molecule has 1 aromatic rings. The molecular weight excluding hydrogens is 293 g/mol. The van der Waals surface area contributed by atoms with Gasteiger partial charge in [0.25, 0.3) is 5.69 Å². The fourth-order valence-corrected chi connectivity index (χ4v) is 2.00. The maximum atomic E-state index is 12.9. The highest BCUT2D eigenvalue weighted by Crippen LogP contribution is 2.51. The van der Waals surface area contributed by atoms with Crippen molar-refractivity contribution in [3.63, 3.8) is 0 Å². The van der Waals surface area contributed by atoms with Crippen LogP contribution in [0.4, 0.5) is 24.5 Å². The SMILES string of the molecule is Cc1c(NC2(C(F)(F)F)CC2)cc(C(=O)O)cc1[N+](=O)[O-]. The second-order valence-corrected chi connectivity index (χ2v) is 4.94. The van der Waals surface area contributed by atoms with Gasteiger partial charge in [0.05, 0.1) is 10.5 Å². The van der Waals surface area contributed by atoms with Crippen LogP contribution in [0, 0.1) is 17.0 Å². The van der Waals surface area contributed by atoms with E-state index in [2.05, 4.69) is 5.32 Å². The van der Waals surface area contributed by atoms with Crippen molar-refractivity contribution in [2.45, 2.75) is 31.5 Å². The molecule has 0 spiro atoms. The van der Waals surface area contributed by atoms with Crippen molar-refractivity contribution in [3.8, 4) is 0 Å². The number of alkyl halides is 3. The second-order valence-electron chi connectivity index (χ2n) is 4.94. The number of halogens is 3. The molecule has 1 aliphatic rings. The highest BCUT2D eigenvalue weighted by Gasteiger charge is 2.63. The first kappa shape index (κ1) is 15.1. The summed E-state index contributed by atoms with van der Waals surface area (Å²) >= 11 is 0. The van der Waals surface area contributed by atoms with Crippen LogP contribution < -0.4 is 5.32 Å². The highest BCUT2D eigenvalue weighted by molar-refractivity contribution is 5.90. The van der Waals surface area contributed by atoms with Gasteiger partial charge in [-0.05, 0) is 25.8 Å². The number of nitro groups is 1. The Labute approximate surface area is 116 Å². The Morgan fingerprint density at radius 1 is 1.43 bits per heavy atom. The molecular formula is C12H11F3N2O4. The molecule has 1 saturated carbocycles. The number of hydrogen-bond donors (Lipinski definition) is 2. The van der Waals surface area contributed by atoms with Gasteiger partial charge < -0.3 is 10.4 Å². The van der Waals surface area contributed by atoms with Crippen LogP contribution in [0.5, 0.6) is 0 Å². The molecule has 9 heteroatoms. The lowest BCUT2D eigenvalue weighted by Gasteiger charge is -2.23. The molecule has 0 bridgehead atoms. The number of nitro benzene ring substituents is 1. The molecule has 0 heterocycles. The van der Waals surface area contributed by atoms with Crippen LogP contribution in [0.15, 0.2) is 12.1 Å². The Morgan fingerprint density at radius 3 is 2.38 bits per heavy atom. The van der Waals surface area contributed by atoms with Gasteiger partial charge >= 0.3 is 12.1 Å². The molecule has 2 rings (SSSR count). The standard InChI is InChI=1S/C12H11F3N2O4/c1-6-8(16-11(2-3-11)12(13,14)15)4-7(10(18)19)5-9(6)17(20)21/h4-5,16H,2-3H2,1H3,(H,18,19). The van der Waals surface area contributed by atoms with Gasteiger partial charge in [0, 0.05) is 17.3 Å². The molecule has 0 saturated heterocycles. The summed E-state index contributed by atoms with van der Waals surface area (Å²) in [6.07, 6.45) is -4.81. The van der Waals surface area contributed by atoms with Crippen LogP contribution in [-0.4, -0.2) is 27.7 Å². The van der Waals surface area contributed by atoms with Crippen LogP contribution in [0.2, 0.25) is 0 Å². The Kier molecular flexibility index (Phi) is 3.31. The Morgan fingerprint density at radius 2 is 2.00 bits per heavy atom. The molecule has 1 aliphatic carbocycles. The molecule has 0 amide bonds. The molecule has 0 aromatic heterocycles. The Hall–Kier alpha value is -2.32. The minimum Gasteiger partial charge on any atom is -0.478 e. The monoisotopic (exact) mass is 304 g/mol. The number of nitrogens with one attached hydrogen (secondary N) is 1. The predicted octanol–water partition coefficient (Wildman–Crippen LogP) is 3.11. The number of hydrogen-bond acceptors (Lipinski definition) is 4. The number of carboxylic acids is 1. The quantitative estimate of drug-likeness (QED) is 0.658. The summed E-state index contributed by atoms with van der Waals surface area (Å²) in [6.45, 7) is 1.28. The van der Waals surface area contributed by atoms with Crippen molar-refractivity contribution >= 4 is 17.3 Å². The maximum Gasteiger partial charge on any atom is 0.411 e. The van der Waals surface area contributed by atoms with Gasteiger partial charge in [-0.15, -0.1) is 0 Å². The fraction of sp³-hybridized carbons (Fsp3) is 0.417. The van der Waals surface area contributed by atoms with Gasteiger partial charge in [0.2, 0.25) is 0 Å². The van der Waals surface area contributed by atoms with E-state index in [1.165, 1.54) is 6.92 Å². The van der Waals surface area contributed by atoms with Gasteiger partial charge in [-0.2, -0.15) is 13.2 Å². The van der Waals surface area contributed by atoms with Crippen molar-refractivity contribution in [1.29, 1.82) is 0 Å². The maximum absolute atomic E-state index is 12.9. The molecule has 0 radical (unpaired) electrons. The third-order valence-corrected chi connectivity index (χ3v) is 3.49. The molecule has 2 N–H and O–H groups in total. The number of aromatic carboxylic acids is 1. The lowest BCUT2D eigenvalue weighted by Crippen LogP contribution is -2.38. The first-order valence-electron chi connectivity index (χ1n) is 5.95. The van der Waals surface area contributed by atoms with E-state index in [9.17, 15) is 28.1 Å². The average Bonchev–Trinajstić information content (AvgIpc) is 3.11. The number of carbonyl (C=O) groups is 1. The van der Waals surface area contributed by atoms with Crippen molar-refractivity contribution in [3.05, 3.63) is 33.4 Å². The summed E-state index contributed by atoms with van der Waals surface area (Å²) in [5, 5.41) is 22.0. The zero-order chi connectivity index (χ0) is 16.0. The summed E-state index contributed by atoms with van der Waals surface area (Å²) in [5.74, 6) is -1.45. The normalized spacial score (nSPS) is 16.4. The topological polar surface area (TPSA) is 92.5 Å². The van der Waals surface area contributed by atoms with Crippen LogP contribution in [0.3, 0.4) is 0 Å². The van der Waals surface area contributed by atoms with Crippen molar-refractivity contribution < 1.29 is 28.0 Å². The summed E-state index contributed by atoms with van der Waals surface area (Å²) in [4.78, 5) is 21.0. The van der Waals surface area contributed by atoms with Crippen molar-refractivity contribution in [2.75, 3.05) is 5.32 Å². The number of anilines is 1. The first-order valence-corrected chi connectivity index (χ1v) is 5.95. The molecule has 114 valence electrons. The van der Waals surface area contributed by atoms with Gasteiger partial charge in [0.1, 0.15) is 5.54 Å². The summed E-state index contributed by atoms with van der Waals surface area (Å²) in [6, 6.07) is 1.81. The third kappa shape index (κ3) is 2.63. The fourth-order valence-electron chi connectivity index (χ4n) is 2.00. The lowest BCUT2D eigenvalue weighted by atomic mass is 10.1. The molecule has 0 unspecified atom stereocenters. The van der Waals surface area contributed by atoms with Crippen LogP contribution in [0.1, 0.15) is 28.8 Å². The minimum atomic E-state index is -4.51. The lowest BCUT2D eigenvalue weighted by molar-refractivity contribution is -0.385. The van der Waals surface area contributed by atoms with Crippen LogP contribution in [0.25, 0.3) is 0 Å². The van der Waals surface area contributed by atoms with Crippen LogP contribution >= 0.6 is 0 Å². The number of rotatable bonds is 4. The largest absolute Gasteiger partial charge is 0.478 e. The molecule has 1 fully saturated rings. The van der Waals surface area contributed by atoms with E-state index in [-0.39, 0.29) is 24.1 Å². The first-order chi connectivity index (χ1) is 9.57. The van der Waals surface area contributed by atoms with E-state index in [1.54, 1.807) is 0 Å². The van der Waals surface area contributed by atoms with Gasteiger partial charge in [-0.3, -0.25) is 10.1 Å². The molecule has 0 atom stereocenters. The summed E-state index contributed by atoms with van der Waals surface area (Å²) < 4.78 is 38.8. The zero-order valence-corrected chi connectivity index (χ0v) is 10.8. The molecule has 6 nitrogen and oxygen atoms in total. The van der Waals surface area contributed by atoms with Crippen LogP contribution in [-0.2, 0) is 0 Å². The number of benzene rings is 1. The second kappa shape index (κ2) is 4.61. The third-order valence-electron chi connectivity index (χ3n) is 3.49. The number of nitrogens with zero attached hydrogens (tertiary/aromatic N) is 1. The highest BCUT2D eigenvalue weighted by atomic mass is 19.4. The van der Waals surface area contributed by atoms with Crippen molar-refractivity contribution in [1.82, 2.24) is 0 Å². The molecule has 21 heavy (non-hydrogen) atoms.